The normalized spacial score (nSPS) is 14.6. The Morgan fingerprint density at radius 3 is 2.25 bits per heavy atom. The van der Waals surface area contributed by atoms with E-state index in [4.69, 9.17) is 47.0 Å². The van der Waals surface area contributed by atoms with Crippen LogP contribution in [0.4, 0.5) is 11.4 Å². The molecule has 126 valence electrons. The molecule has 2 aromatic carbocycles. The molecule has 0 aromatic heterocycles. The Hall–Kier alpha value is -1.20. The number of rotatable bonds is 2. The van der Waals surface area contributed by atoms with Gasteiger partial charge in [0.15, 0.2) is 5.11 Å². The quantitative estimate of drug-likeness (QED) is 0.701. The van der Waals surface area contributed by atoms with Crippen molar-refractivity contribution in [3.8, 4) is 0 Å². The van der Waals surface area contributed by atoms with Crippen LogP contribution < -0.4 is 10.2 Å². The number of halogens is 3. The summed E-state index contributed by atoms with van der Waals surface area (Å²) in [7, 11) is 0. The van der Waals surface area contributed by atoms with Crippen molar-refractivity contribution in [1.82, 2.24) is 4.90 Å². The van der Waals surface area contributed by atoms with Gasteiger partial charge in [0.25, 0.3) is 0 Å². The van der Waals surface area contributed by atoms with Gasteiger partial charge in [0.1, 0.15) is 0 Å². The Labute approximate surface area is 162 Å². The topological polar surface area (TPSA) is 18.5 Å². The number of thiocarbonyl (C=S) groups is 1. The minimum atomic E-state index is 0.487. The van der Waals surface area contributed by atoms with E-state index in [1.54, 1.807) is 6.07 Å². The average Bonchev–Trinajstić information content (AvgIpc) is 2.60. The lowest BCUT2D eigenvalue weighted by Gasteiger charge is -2.37. The van der Waals surface area contributed by atoms with Gasteiger partial charge in [-0.2, -0.15) is 0 Å². The number of nitrogens with one attached hydrogen (secondary N) is 1. The first-order chi connectivity index (χ1) is 11.5. The van der Waals surface area contributed by atoms with Crippen LogP contribution in [0, 0.1) is 0 Å². The molecule has 0 spiro atoms. The predicted molar refractivity (Wildman–Crippen MR) is 108 cm³/mol. The van der Waals surface area contributed by atoms with E-state index in [9.17, 15) is 0 Å². The lowest BCUT2D eigenvalue weighted by molar-refractivity contribution is 0.391. The van der Waals surface area contributed by atoms with Gasteiger partial charge in [-0.15, -0.1) is 0 Å². The van der Waals surface area contributed by atoms with Crippen LogP contribution in [-0.4, -0.2) is 36.2 Å². The highest BCUT2D eigenvalue weighted by Crippen LogP contribution is 2.30. The molecule has 0 saturated carbocycles. The number of piperazine rings is 1. The molecule has 1 aliphatic rings. The van der Waals surface area contributed by atoms with Crippen molar-refractivity contribution in [2.75, 3.05) is 36.4 Å². The van der Waals surface area contributed by atoms with Crippen molar-refractivity contribution in [3.05, 3.63) is 57.5 Å². The van der Waals surface area contributed by atoms with Gasteiger partial charge in [-0.05, 0) is 48.6 Å². The molecule has 0 atom stereocenters. The van der Waals surface area contributed by atoms with Crippen molar-refractivity contribution in [2.24, 2.45) is 0 Å². The second-order valence-electron chi connectivity index (χ2n) is 5.48. The van der Waals surface area contributed by atoms with Gasteiger partial charge in [0.2, 0.25) is 0 Å². The van der Waals surface area contributed by atoms with Crippen LogP contribution in [-0.2, 0) is 0 Å². The lowest BCUT2D eigenvalue weighted by atomic mass is 10.2. The maximum Gasteiger partial charge on any atom is 0.173 e. The maximum atomic E-state index is 6.20. The number of hydrogen-bond donors (Lipinski definition) is 1. The van der Waals surface area contributed by atoms with E-state index in [1.807, 2.05) is 36.4 Å². The smallest absolute Gasteiger partial charge is 0.173 e. The van der Waals surface area contributed by atoms with Crippen LogP contribution in [0.25, 0.3) is 0 Å². The summed E-state index contributed by atoms with van der Waals surface area (Å²) >= 11 is 23.7. The molecule has 0 amide bonds. The van der Waals surface area contributed by atoms with E-state index < -0.39 is 0 Å². The second-order valence-corrected chi connectivity index (χ2v) is 7.09. The summed E-state index contributed by atoms with van der Waals surface area (Å²) in [4.78, 5) is 4.46. The van der Waals surface area contributed by atoms with Crippen molar-refractivity contribution in [3.63, 3.8) is 0 Å². The molecule has 3 nitrogen and oxygen atoms in total. The highest BCUT2D eigenvalue weighted by molar-refractivity contribution is 7.80. The van der Waals surface area contributed by atoms with E-state index in [0.717, 1.165) is 36.9 Å². The molecular formula is C17H16Cl3N3S. The molecule has 24 heavy (non-hydrogen) atoms. The third-order valence-corrected chi connectivity index (χ3v) is 5.38. The van der Waals surface area contributed by atoms with Crippen LogP contribution in [0.15, 0.2) is 42.5 Å². The first-order valence-corrected chi connectivity index (χ1v) is 9.09. The molecule has 7 heteroatoms. The fraction of sp³-hybridized carbons (Fsp3) is 0.235. The zero-order valence-electron chi connectivity index (χ0n) is 12.8. The predicted octanol–water partition coefficient (Wildman–Crippen LogP) is 5.17. The molecule has 0 aliphatic carbocycles. The number of anilines is 2. The average molecular weight is 401 g/mol. The van der Waals surface area contributed by atoms with Crippen LogP contribution in [0.5, 0.6) is 0 Å². The molecule has 0 radical (unpaired) electrons. The molecule has 1 N–H and O–H groups in total. The first kappa shape index (κ1) is 17.6. The van der Waals surface area contributed by atoms with Crippen LogP contribution in [0.1, 0.15) is 0 Å². The molecule has 1 aliphatic heterocycles. The minimum absolute atomic E-state index is 0.487. The standard InChI is InChI=1S/C17H16Cl3N3S/c18-12-4-6-13(7-5-12)22-8-10-23(11-9-22)17(24)21-15-3-1-2-14(19)16(15)20/h1-7H,8-11H2,(H,21,24). The van der Waals surface area contributed by atoms with Crippen molar-refractivity contribution in [2.45, 2.75) is 0 Å². The van der Waals surface area contributed by atoms with Gasteiger partial charge in [0, 0.05) is 36.9 Å². The van der Waals surface area contributed by atoms with Gasteiger partial charge in [-0.3, -0.25) is 0 Å². The van der Waals surface area contributed by atoms with Crippen molar-refractivity contribution >= 4 is 63.5 Å². The Kier molecular flexibility index (Phi) is 5.72. The summed E-state index contributed by atoms with van der Waals surface area (Å²) in [6, 6.07) is 13.4. The Balaban J connectivity index is 1.59. The highest BCUT2D eigenvalue weighted by Gasteiger charge is 2.20. The summed E-state index contributed by atoms with van der Waals surface area (Å²) in [5.41, 5.74) is 1.91. The minimum Gasteiger partial charge on any atom is -0.368 e. The summed E-state index contributed by atoms with van der Waals surface area (Å²) in [5.74, 6) is 0. The number of benzene rings is 2. The van der Waals surface area contributed by atoms with Crippen molar-refractivity contribution < 1.29 is 0 Å². The zero-order chi connectivity index (χ0) is 17.1. The summed E-state index contributed by atoms with van der Waals surface area (Å²) in [6.07, 6.45) is 0. The molecular weight excluding hydrogens is 385 g/mol. The first-order valence-electron chi connectivity index (χ1n) is 7.55. The van der Waals surface area contributed by atoms with E-state index in [-0.39, 0.29) is 0 Å². The van der Waals surface area contributed by atoms with Gasteiger partial charge in [-0.25, -0.2) is 0 Å². The van der Waals surface area contributed by atoms with E-state index in [2.05, 4.69) is 15.1 Å². The second kappa shape index (κ2) is 7.79. The SMILES string of the molecule is S=C(Nc1cccc(Cl)c1Cl)N1CCN(c2ccc(Cl)cc2)CC1. The third-order valence-electron chi connectivity index (χ3n) is 3.95. The zero-order valence-corrected chi connectivity index (χ0v) is 15.9. The van der Waals surface area contributed by atoms with Crippen LogP contribution >= 0.6 is 47.0 Å². The molecule has 1 heterocycles. The largest absolute Gasteiger partial charge is 0.368 e. The number of hydrogen-bond acceptors (Lipinski definition) is 2. The summed E-state index contributed by atoms with van der Waals surface area (Å²) in [6.45, 7) is 3.47. The molecule has 3 rings (SSSR count). The maximum absolute atomic E-state index is 6.20. The van der Waals surface area contributed by atoms with E-state index >= 15 is 0 Å². The fourth-order valence-corrected chi connectivity index (χ4v) is 3.38. The van der Waals surface area contributed by atoms with E-state index in [0.29, 0.717) is 15.2 Å². The molecule has 1 saturated heterocycles. The highest BCUT2D eigenvalue weighted by atomic mass is 35.5. The number of nitrogens with zero attached hydrogens (tertiary/aromatic N) is 2. The molecule has 1 fully saturated rings. The summed E-state index contributed by atoms with van der Waals surface area (Å²) in [5, 5.41) is 5.60. The monoisotopic (exact) mass is 399 g/mol. The van der Waals surface area contributed by atoms with Crippen LogP contribution in [0.2, 0.25) is 15.1 Å². The fourth-order valence-electron chi connectivity index (χ4n) is 2.61. The third kappa shape index (κ3) is 4.06. The molecule has 2 aromatic rings. The van der Waals surface area contributed by atoms with E-state index in [1.165, 1.54) is 5.69 Å². The lowest BCUT2D eigenvalue weighted by Crippen LogP contribution is -2.50. The molecule has 0 bridgehead atoms. The Morgan fingerprint density at radius 2 is 1.58 bits per heavy atom. The van der Waals surface area contributed by atoms with Gasteiger partial charge < -0.3 is 15.1 Å². The van der Waals surface area contributed by atoms with Gasteiger partial charge >= 0.3 is 0 Å². The Bertz CT molecular complexity index is 728. The molecule has 0 unspecified atom stereocenters. The van der Waals surface area contributed by atoms with Crippen LogP contribution in [0.3, 0.4) is 0 Å². The van der Waals surface area contributed by atoms with Gasteiger partial charge in [-0.1, -0.05) is 40.9 Å². The Morgan fingerprint density at radius 1 is 0.917 bits per heavy atom. The summed E-state index contributed by atoms with van der Waals surface area (Å²) < 4.78 is 0. The van der Waals surface area contributed by atoms with Gasteiger partial charge in [0.05, 0.1) is 15.7 Å². The van der Waals surface area contributed by atoms with Crippen molar-refractivity contribution in [1.29, 1.82) is 0 Å².